The highest BCUT2D eigenvalue weighted by Crippen LogP contribution is 2.32. The summed E-state index contributed by atoms with van der Waals surface area (Å²) in [5.41, 5.74) is 0. The Morgan fingerprint density at radius 3 is 2.60 bits per heavy atom. The molecular weight excluding hydrogens is 252 g/mol. The maximum absolute atomic E-state index is 12.6. The fourth-order valence-electron chi connectivity index (χ4n) is 3.55. The summed E-state index contributed by atoms with van der Waals surface area (Å²) in [5.74, 6) is 1.07. The molecule has 3 rings (SSSR count). The molecule has 0 aromatic heterocycles. The van der Waals surface area contributed by atoms with Gasteiger partial charge in [0.2, 0.25) is 5.91 Å². The van der Waals surface area contributed by atoms with E-state index in [0.29, 0.717) is 18.4 Å². The molecule has 1 heterocycles. The van der Waals surface area contributed by atoms with Crippen molar-refractivity contribution < 1.29 is 9.53 Å². The van der Waals surface area contributed by atoms with E-state index in [4.69, 9.17) is 4.74 Å². The third-order valence-electron chi connectivity index (χ3n) is 4.89. The molecule has 4 nitrogen and oxygen atoms in total. The predicted octanol–water partition coefficient (Wildman–Crippen LogP) is 1.94. The van der Waals surface area contributed by atoms with Crippen LogP contribution in [0.25, 0.3) is 0 Å². The summed E-state index contributed by atoms with van der Waals surface area (Å²) >= 11 is 0. The molecule has 2 saturated carbocycles. The van der Waals surface area contributed by atoms with Gasteiger partial charge in [0.1, 0.15) is 0 Å². The van der Waals surface area contributed by atoms with E-state index in [-0.39, 0.29) is 6.10 Å². The van der Waals surface area contributed by atoms with Gasteiger partial charge in [-0.25, -0.2) is 0 Å². The van der Waals surface area contributed by atoms with Gasteiger partial charge in [-0.1, -0.05) is 19.3 Å². The molecule has 1 N–H and O–H groups in total. The van der Waals surface area contributed by atoms with Crippen LogP contribution in [0.2, 0.25) is 0 Å². The number of morpholine rings is 1. The number of rotatable bonds is 5. The van der Waals surface area contributed by atoms with Gasteiger partial charge in [-0.2, -0.15) is 0 Å². The van der Waals surface area contributed by atoms with E-state index in [2.05, 4.69) is 10.2 Å². The average molecular weight is 280 g/mol. The second-order valence-electron chi connectivity index (χ2n) is 6.68. The lowest BCUT2D eigenvalue weighted by Crippen LogP contribution is -2.44. The number of carbonyl (C=O) groups excluding carboxylic acids is 1. The topological polar surface area (TPSA) is 41.6 Å². The molecule has 0 spiro atoms. The first-order valence-electron chi connectivity index (χ1n) is 8.44. The maximum Gasteiger partial charge on any atom is 0.225 e. The summed E-state index contributed by atoms with van der Waals surface area (Å²) in [4.78, 5) is 14.8. The van der Waals surface area contributed by atoms with Gasteiger partial charge in [0.05, 0.1) is 19.1 Å². The van der Waals surface area contributed by atoms with Gasteiger partial charge in [-0.3, -0.25) is 4.79 Å². The van der Waals surface area contributed by atoms with E-state index >= 15 is 0 Å². The molecule has 3 fully saturated rings. The Bertz CT molecular complexity index is 318. The molecule has 3 aliphatic rings. The molecule has 0 aromatic carbocycles. The van der Waals surface area contributed by atoms with E-state index in [0.717, 1.165) is 32.2 Å². The van der Waals surface area contributed by atoms with Gasteiger partial charge >= 0.3 is 0 Å². The molecule has 1 unspecified atom stereocenters. The third kappa shape index (κ3) is 3.95. The Morgan fingerprint density at radius 1 is 1.15 bits per heavy atom. The third-order valence-corrected chi connectivity index (χ3v) is 4.89. The van der Waals surface area contributed by atoms with Gasteiger partial charge in [0, 0.05) is 25.7 Å². The largest absolute Gasteiger partial charge is 0.375 e. The summed E-state index contributed by atoms with van der Waals surface area (Å²) in [5, 5.41) is 3.31. The Labute approximate surface area is 122 Å². The Hall–Kier alpha value is -0.610. The minimum absolute atomic E-state index is 0.0869. The number of ether oxygens (including phenoxy) is 1. The summed E-state index contributed by atoms with van der Waals surface area (Å²) in [6.07, 6.45) is 9.80. The maximum atomic E-state index is 12.6. The van der Waals surface area contributed by atoms with Crippen LogP contribution >= 0.6 is 0 Å². The molecule has 114 valence electrons. The van der Waals surface area contributed by atoms with E-state index in [1.54, 1.807) is 0 Å². The van der Waals surface area contributed by atoms with Gasteiger partial charge in [-0.15, -0.1) is 0 Å². The number of carbonyl (C=O) groups is 1. The molecular formula is C16H28N2O2. The highest BCUT2D eigenvalue weighted by Gasteiger charge is 2.35. The Kier molecular flexibility index (Phi) is 4.94. The van der Waals surface area contributed by atoms with Crippen LogP contribution in [0.4, 0.5) is 0 Å². The molecule has 0 aromatic rings. The zero-order valence-electron chi connectivity index (χ0n) is 12.5. The van der Waals surface area contributed by atoms with Crippen LogP contribution in [0, 0.1) is 5.92 Å². The number of hydrogen-bond acceptors (Lipinski definition) is 3. The minimum atomic E-state index is 0.0869. The van der Waals surface area contributed by atoms with Gasteiger partial charge < -0.3 is 15.0 Å². The van der Waals surface area contributed by atoms with Crippen molar-refractivity contribution in [2.24, 2.45) is 5.92 Å². The van der Waals surface area contributed by atoms with E-state index < -0.39 is 0 Å². The first-order chi connectivity index (χ1) is 9.83. The fourth-order valence-corrected chi connectivity index (χ4v) is 3.55. The van der Waals surface area contributed by atoms with Crippen molar-refractivity contribution in [2.75, 3.05) is 26.2 Å². The van der Waals surface area contributed by atoms with E-state index in [1.807, 2.05) is 0 Å². The molecule has 1 aliphatic heterocycles. The zero-order valence-corrected chi connectivity index (χ0v) is 12.5. The second-order valence-corrected chi connectivity index (χ2v) is 6.68. The monoisotopic (exact) mass is 280 g/mol. The standard InChI is InChI=1S/C16H28N2O2/c19-16(10-15-11-17-8-9-20-15)18(14-6-7-14)12-13-4-2-1-3-5-13/h13-15,17H,1-12H2. The predicted molar refractivity (Wildman–Crippen MR) is 78.5 cm³/mol. The van der Waals surface area contributed by atoms with Crippen molar-refractivity contribution in [3.05, 3.63) is 0 Å². The van der Waals surface area contributed by atoms with Gasteiger partial charge in [0.15, 0.2) is 0 Å². The number of hydrogen-bond donors (Lipinski definition) is 1. The number of nitrogens with one attached hydrogen (secondary N) is 1. The van der Waals surface area contributed by atoms with Crippen molar-refractivity contribution in [3.8, 4) is 0 Å². The molecule has 20 heavy (non-hydrogen) atoms. The second kappa shape index (κ2) is 6.90. The zero-order chi connectivity index (χ0) is 13.8. The van der Waals surface area contributed by atoms with Crippen molar-refractivity contribution in [3.63, 3.8) is 0 Å². The average Bonchev–Trinajstić information content (AvgIpc) is 3.31. The van der Waals surface area contributed by atoms with Crippen molar-refractivity contribution in [2.45, 2.75) is 63.5 Å². The van der Waals surface area contributed by atoms with Crippen LogP contribution < -0.4 is 5.32 Å². The molecule has 1 atom stereocenters. The molecule has 2 aliphatic carbocycles. The molecule has 1 amide bonds. The Morgan fingerprint density at radius 2 is 1.95 bits per heavy atom. The van der Waals surface area contributed by atoms with E-state index in [1.165, 1.54) is 44.9 Å². The lowest BCUT2D eigenvalue weighted by molar-refractivity contribution is -0.136. The van der Waals surface area contributed by atoms with Gasteiger partial charge in [0.25, 0.3) is 0 Å². The SMILES string of the molecule is O=C(CC1CNCCO1)N(CC1CCCCC1)C1CC1. The fraction of sp³-hybridized carbons (Fsp3) is 0.938. The molecule has 0 bridgehead atoms. The summed E-state index contributed by atoms with van der Waals surface area (Å²) in [6, 6.07) is 0.543. The highest BCUT2D eigenvalue weighted by atomic mass is 16.5. The number of amides is 1. The summed E-state index contributed by atoms with van der Waals surface area (Å²) in [6.45, 7) is 3.49. The highest BCUT2D eigenvalue weighted by molar-refractivity contribution is 5.77. The normalized spacial score (nSPS) is 28.3. The van der Waals surface area contributed by atoms with Gasteiger partial charge in [-0.05, 0) is 31.6 Å². The molecule has 1 saturated heterocycles. The van der Waals surface area contributed by atoms with Crippen LogP contribution in [0.15, 0.2) is 0 Å². The van der Waals surface area contributed by atoms with Crippen LogP contribution in [0.5, 0.6) is 0 Å². The number of nitrogens with zero attached hydrogens (tertiary/aromatic N) is 1. The first-order valence-corrected chi connectivity index (χ1v) is 8.44. The summed E-state index contributed by atoms with van der Waals surface area (Å²) < 4.78 is 5.68. The molecule has 4 heteroatoms. The first kappa shape index (κ1) is 14.3. The van der Waals surface area contributed by atoms with Crippen LogP contribution in [-0.2, 0) is 9.53 Å². The quantitative estimate of drug-likeness (QED) is 0.837. The van der Waals surface area contributed by atoms with Crippen LogP contribution in [0.1, 0.15) is 51.4 Å². The van der Waals surface area contributed by atoms with Crippen LogP contribution in [0.3, 0.4) is 0 Å². The molecule has 0 radical (unpaired) electrons. The van der Waals surface area contributed by atoms with E-state index in [9.17, 15) is 4.79 Å². The Balaban J connectivity index is 1.51. The van der Waals surface area contributed by atoms with Crippen molar-refractivity contribution >= 4 is 5.91 Å². The summed E-state index contributed by atoms with van der Waals surface area (Å²) in [7, 11) is 0. The van der Waals surface area contributed by atoms with Crippen molar-refractivity contribution in [1.29, 1.82) is 0 Å². The lowest BCUT2D eigenvalue weighted by Gasteiger charge is -2.32. The van der Waals surface area contributed by atoms with Crippen LogP contribution in [-0.4, -0.2) is 49.2 Å². The lowest BCUT2D eigenvalue weighted by atomic mass is 9.89. The minimum Gasteiger partial charge on any atom is -0.375 e. The smallest absolute Gasteiger partial charge is 0.225 e. The van der Waals surface area contributed by atoms with Crippen molar-refractivity contribution in [1.82, 2.24) is 10.2 Å².